The van der Waals surface area contributed by atoms with Gasteiger partial charge in [0.25, 0.3) is 0 Å². The Morgan fingerprint density at radius 1 is 1.08 bits per heavy atom. The first-order valence-electron chi connectivity index (χ1n) is 2.56. The van der Waals surface area contributed by atoms with Gasteiger partial charge in [0, 0.05) is 0 Å². The lowest BCUT2D eigenvalue weighted by Gasteiger charge is -2.17. The summed E-state index contributed by atoms with van der Waals surface area (Å²) in [6, 6.07) is 0. The zero-order chi connectivity index (χ0) is 9.99. The van der Waals surface area contributed by atoms with Gasteiger partial charge in [0.15, 0.2) is 5.40 Å². The molecule has 0 spiro atoms. The summed E-state index contributed by atoms with van der Waals surface area (Å²) in [7, 11) is -9.92. The normalized spacial score (nSPS) is 13.8. The predicted molar refractivity (Wildman–Crippen MR) is 36.5 cm³/mol. The Bertz CT molecular complexity index is 201. The van der Waals surface area contributed by atoms with E-state index in [4.69, 9.17) is 24.8 Å². The monoisotopic (exact) mass is 222 g/mol. The molecule has 0 aromatic carbocycles. The van der Waals surface area contributed by atoms with Crippen LogP contribution in [0.25, 0.3) is 0 Å². The minimum atomic E-state index is -4.96. The van der Waals surface area contributed by atoms with Crippen LogP contribution in [0.3, 0.4) is 0 Å². The van der Waals surface area contributed by atoms with Crippen molar-refractivity contribution in [2.45, 2.75) is 5.40 Å². The summed E-state index contributed by atoms with van der Waals surface area (Å²) in [6.07, 6.45) is 0. The van der Waals surface area contributed by atoms with Crippen molar-refractivity contribution in [1.29, 1.82) is 0 Å². The van der Waals surface area contributed by atoms with E-state index >= 15 is 0 Å². The Labute approximate surface area is 67.0 Å². The topological polar surface area (TPSA) is 145 Å². The Hall–Kier alpha value is 0.220. The van der Waals surface area contributed by atoms with Gasteiger partial charge in [0.05, 0.1) is 0 Å². The van der Waals surface area contributed by atoms with E-state index in [9.17, 15) is 9.13 Å². The SMILES string of the molecule is O=P(O)(O)C(COO)P(=O)(O)O. The zero-order valence-electron chi connectivity index (χ0n) is 5.64. The van der Waals surface area contributed by atoms with E-state index in [1.165, 1.54) is 0 Å². The van der Waals surface area contributed by atoms with Gasteiger partial charge in [-0.25, -0.2) is 4.89 Å². The maximum Gasteiger partial charge on any atom is 0.343 e. The molecule has 0 aliphatic heterocycles. The molecule has 0 saturated carbocycles. The van der Waals surface area contributed by atoms with E-state index in [-0.39, 0.29) is 0 Å². The zero-order valence-corrected chi connectivity index (χ0v) is 7.43. The van der Waals surface area contributed by atoms with Crippen LogP contribution in [0.5, 0.6) is 0 Å². The van der Waals surface area contributed by atoms with E-state index in [0.717, 1.165) is 0 Å². The Kier molecular flexibility index (Phi) is 4.02. The average molecular weight is 222 g/mol. The highest BCUT2D eigenvalue weighted by atomic mass is 31.2. The number of hydrogen-bond donors (Lipinski definition) is 5. The summed E-state index contributed by atoms with van der Waals surface area (Å²) in [4.78, 5) is 36.8. The summed E-state index contributed by atoms with van der Waals surface area (Å²) < 4.78 is 20.8. The third-order valence-corrected chi connectivity index (χ3v) is 4.66. The Morgan fingerprint density at radius 3 is 1.50 bits per heavy atom. The highest BCUT2D eigenvalue weighted by molar-refractivity contribution is 7.70. The van der Waals surface area contributed by atoms with Crippen molar-refractivity contribution in [2.24, 2.45) is 0 Å². The highest BCUT2D eigenvalue weighted by Gasteiger charge is 2.43. The second kappa shape index (κ2) is 3.95. The van der Waals surface area contributed by atoms with Gasteiger partial charge in [-0.05, 0) is 0 Å². The summed E-state index contributed by atoms with van der Waals surface area (Å²) >= 11 is 0. The standard InChI is InChI=1S/C2H8O8P2/c3-10-1-2(11(4,5)6)12(7,8)9/h2-3H,1H2,(H2,4,5,6)(H2,7,8,9). The van der Waals surface area contributed by atoms with Crippen molar-refractivity contribution < 1.29 is 38.8 Å². The molecule has 0 bridgehead atoms. The van der Waals surface area contributed by atoms with E-state index in [1.807, 2.05) is 0 Å². The highest BCUT2D eigenvalue weighted by Crippen LogP contribution is 2.59. The first kappa shape index (κ1) is 12.2. The van der Waals surface area contributed by atoms with Crippen LogP contribution in [0, 0.1) is 0 Å². The lowest BCUT2D eigenvalue weighted by molar-refractivity contribution is -0.239. The predicted octanol–water partition coefficient (Wildman–Crippen LogP) is -0.843. The molecule has 0 aliphatic carbocycles. The first-order valence-corrected chi connectivity index (χ1v) is 5.92. The molecular weight excluding hydrogens is 214 g/mol. The van der Waals surface area contributed by atoms with Crippen molar-refractivity contribution >= 4 is 15.2 Å². The molecule has 0 unspecified atom stereocenters. The minimum absolute atomic E-state index is 1.12. The molecule has 0 heterocycles. The Balaban J connectivity index is 4.70. The maximum atomic E-state index is 10.4. The maximum absolute atomic E-state index is 10.4. The number of hydrogen-bond acceptors (Lipinski definition) is 4. The molecule has 74 valence electrons. The fourth-order valence-electron chi connectivity index (χ4n) is 0.457. The molecule has 10 heteroatoms. The van der Waals surface area contributed by atoms with E-state index in [2.05, 4.69) is 4.89 Å². The lowest BCUT2D eigenvalue weighted by atomic mass is 10.9. The second-order valence-corrected chi connectivity index (χ2v) is 5.96. The molecule has 0 fully saturated rings. The van der Waals surface area contributed by atoms with Crippen molar-refractivity contribution in [3.05, 3.63) is 0 Å². The average Bonchev–Trinajstić information content (AvgIpc) is 1.77. The summed E-state index contributed by atoms with van der Waals surface area (Å²) in [6.45, 7) is -1.12. The van der Waals surface area contributed by atoms with Crippen LogP contribution in [0.1, 0.15) is 0 Å². The molecule has 0 saturated heterocycles. The van der Waals surface area contributed by atoms with Crippen LogP contribution in [-0.4, -0.2) is 36.8 Å². The molecular formula is C2H8O8P2. The molecule has 0 amide bonds. The fraction of sp³-hybridized carbons (Fsp3) is 1.00. The smallest absolute Gasteiger partial charge is 0.324 e. The Morgan fingerprint density at radius 2 is 1.42 bits per heavy atom. The van der Waals surface area contributed by atoms with Crippen molar-refractivity contribution in [1.82, 2.24) is 0 Å². The van der Waals surface area contributed by atoms with Crippen LogP contribution < -0.4 is 0 Å². The van der Waals surface area contributed by atoms with Gasteiger partial charge in [0.2, 0.25) is 0 Å². The quantitative estimate of drug-likeness (QED) is 0.235. The largest absolute Gasteiger partial charge is 0.343 e. The van der Waals surface area contributed by atoms with E-state index < -0.39 is 27.2 Å². The van der Waals surface area contributed by atoms with Gasteiger partial charge in [-0.3, -0.25) is 14.4 Å². The second-order valence-electron chi connectivity index (χ2n) is 1.95. The molecule has 0 aromatic rings. The van der Waals surface area contributed by atoms with E-state index in [0.29, 0.717) is 0 Å². The molecule has 12 heavy (non-hydrogen) atoms. The van der Waals surface area contributed by atoms with Gasteiger partial charge in [-0.1, -0.05) is 0 Å². The van der Waals surface area contributed by atoms with Gasteiger partial charge < -0.3 is 19.6 Å². The van der Waals surface area contributed by atoms with Crippen LogP contribution >= 0.6 is 15.2 Å². The van der Waals surface area contributed by atoms with Gasteiger partial charge in [0.1, 0.15) is 6.61 Å². The lowest BCUT2D eigenvalue weighted by Crippen LogP contribution is -2.15. The van der Waals surface area contributed by atoms with Crippen molar-refractivity contribution in [3.8, 4) is 0 Å². The summed E-state index contributed by atoms with van der Waals surface area (Å²) in [5, 5.41) is 5.47. The van der Waals surface area contributed by atoms with E-state index in [1.54, 1.807) is 0 Å². The molecule has 0 atom stereocenters. The first-order chi connectivity index (χ1) is 5.19. The summed E-state index contributed by atoms with van der Waals surface area (Å²) in [5.41, 5.74) is 0. The van der Waals surface area contributed by atoms with Crippen LogP contribution in [0.4, 0.5) is 0 Å². The molecule has 5 N–H and O–H groups in total. The minimum Gasteiger partial charge on any atom is -0.324 e. The summed E-state index contributed by atoms with van der Waals surface area (Å²) in [5.74, 6) is 0. The molecule has 0 aromatic heterocycles. The molecule has 8 nitrogen and oxygen atoms in total. The third kappa shape index (κ3) is 3.75. The molecule has 0 rings (SSSR count). The van der Waals surface area contributed by atoms with Gasteiger partial charge in [-0.2, -0.15) is 0 Å². The van der Waals surface area contributed by atoms with Crippen LogP contribution in [0.15, 0.2) is 0 Å². The van der Waals surface area contributed by atoms with Crippen LogP contribution in [0.2, 0.25) is 0 Å². The van der Waals surface area contributed by atoms with Crippen molar-refractivity contribution in [3.63, 3.8) is 0 Å². The van der Waals surface area contributed by atoms with Gasteiger partial charge >= 0.3 is 15.2 Å². The third-order valence-electron chi connectivity index (χ3n) is 1.00. The number of rotatable bonds is 4. The molecule has 0 radical (unpaired) electrons. The van der Waals surface area contributed by atoms with Crippen LogP contribution in [-0.2, 0) is 14.0 Å². The van der Waals surface area contributed by atoms with Crippen molar-refractivity contribution in [2.75, 3.05) is 6.61 Å². The molecule has 0 aliphatic rings. The van der Waals surface area contributed by atoms with Gasteiger partial charge in [-0.15, -0.1) is 0 Å². The fourth-order valence-corrected chi connectivity index (χ4v) is 2.55.